The minimum Gasteiger partial charge on any atom is -0.372 e. The maximum atomic E-state index is 12.6. The number of aromatic amines is 1. The lowest BCUT2D eigenvalue weighted by Crippen LogP contribution is -2.46. The van der Waals surface area contributed by atoms with Gasteiger partial charge in [0.25, 0.3) is 5.56 Å². The predicted molar refractivity (Wildman–Crippen MR) is 89.1 cm³/mol. The van der Waals surface area contributed by atoms with Gasteiger partial charge >= 0.3 is 0 Å². The number of morpholine rings is 1. The zero-order valence-electron chi connectivity index (χ0n) is 13.0. The van der Waals surface area contributed by atoms with E-state index in [2.05, 4.69) is 23.7 Å². The minimum absolute atomic E-state index is 0.0196. The number of nitrogens with one attached hydrogen (secondary N) is 1. The highest BCUT2D eigenvalue weighted by Crippen LogP contribution is 2.34. The van der Waals surface area contributed by atoms with Gasteiger partial charge in [0.1, 0.15) is 4.83 Å². The second kappa shape index (κ2) is 5.35. The van der Waals surface area contributed by atoms with Gasteiger partial charge < -0.3 is 9.64 Å². The summed E-state index contributed by atoms with van der Waals surface area (Å²) in [6.07, 6.45) is 4.83. The number of thiophene rings is 1. The number of nitrogens with zero attached hydrogens (tertiary/aromatic N) is 2. The van der Waals surface area contributed by atoms with Crippen LogP contribution in [0.5, 0.6) is 0 Å². The van der Waals surface area contributed by atoms with Crippen LogP contribution < -0.4 is 10.5 Å². The average Bonchev–Trinajstić information content (AvgIpc) is 2.84. The standard InChI is InChI=1S/C16H21N3O2S/c1-9-7-19(8-10(2)21-9)16-17-14(20)13-11-5-3-4-6-12(11)22-15(13)18-16/h9-10H,3-8H2,1-2H3,(H,17,18,20). The maximum absolute atomic E-state index is 12.6. The molecule has 2 atom stereocenters. The Kier molecular flexibility index (Phi) is 3.46. The van der Waals surface area contributed by atoms with Gasteiger partial charge in [0.15, 0.2) is 0 Å². The monoisotopic (exact) mass is 319 g/mol. The summed E-state index contributed by atoms with van der Waals surface area (Å²) in [5.74, 6) is 0.693. The lowest BCUT2D eigenvalue weighted by Gasteiger charge is -2.35. The molecule has 0 saturated carbocycles. The van der Waals surface area contributed by atoms with Crippen molar-refractivity contribution < 1.29 is 4.74 Å². The molecule has 118 valence electrons. The molecule has 6 heteroatoms. The Morgan fingerprint density at radius 1 is 1.23 bits per heavy atom. The number of H-pyrrole nitrogens is 1. The van der Waals surface area contributed by atoms with E-state index in [0.29, 0.717) is 5.95 Å². The average molecular weight is 319 g/mol. The first-order valence-corrected chi connectivity index (χ1v) is 8.88. The molecule has 1 fully saturated rings. The lowest BCUT2D eigenvalue weighted by atomic mass is 9.97. The molecule has 0 bridgehead atoms. The van der Waals surface area contributed by atoms with Crippen molar-refractivity contribution in [3.05, 3.63) is 20.8 Å². The summed E-state index contributed by atoms with van der Waals surface area (Å²) in [6.45, 7) is 5.65. The quantitative estimate of drug-likeness (QED) is 0.877. The summed E-state index contributed by atoms with van der Waals surface area (Å²) in [5.41, 5.74) is 1.27. The first kappa shape index (κ1) is 14.2. The molecule has 1 aliphatic carbocycles. The topological polar surface area (TPSA) is 58.2 Å². The summed E-state index contributed by atoms with van der Waals surface area (Å²) in [7, 11) is 0. The molecule has 0 amide bonds. The van der Waals surface area contributed by atoms with Crippen molar-refractivity contribution in [2.75, 3.05) is 18.0 Å². The van der Waals surface area contributed by atoms with Crippen molar-refractivity contribution in [2.45, 2.75) is 51.7 Å². The van der Waals surface area contributed by atoms with E-state index in [4.69, 9.17) is 9.72 Å². The molecule has 1 aliphatic heterocycles. The number of hydrogen-bond donors (Lipinski definition) is 1. The van der Waals surface area contributed by atoms with Crippen LogP contribution in [0.3, 0.4) is 0 Å². The first-order valence-electron chi connectivity index (χ1n) is 8.07. The number of fused-ring (bicyclic) bond motifs is 3. The predicted octanol–water partition coefficient (Wildman–Crippen LogP) is 2.48. The molecular formula is C16H21N3O2S. The van der Waals surface area contributed by atoms with Gasteiger partial charge in [-0.1, -0.05) is 0 Å². The van der Waals surface area contributed by atoms with Crippen molar-refractivity contribution >= 4 is 27.5 Å². The van der Waals surface area contributed by atoms with Crippen LogP contribution >= 0.6 is 11.3 Å². The molecule has 5 nitrogen and oxygen atoms in total. The van der Waals surface area contributed by atoms with Crippen LogP contribution in [0.25, 0.3) is 10.2 Å². The molecule has 1 saturated heterocycles. The number of anilines is 1. The molecule has 2 aromatic rings. The Morgan fingerprint density at radius 3 is 2.73 bits per heavy atom. The number of ether oxygens (including phenoxy) is 1. The van der Waals surface area contributed by atoms with Gasteiger partial charge in [-0.2, -0.15) is 0 Å². The highest BCUT2D eigenvalue weighted by Gasteiger charge is 2.26. The zero-order chi connectivity index (χ0) is 15.3. The second-order valence-corrected chi connectivity index (χ2v) is 7.53. The number of rotatable bonds is 1. The third-order valence-corrected chi connectivity index (χ3v) is 5.72. The lowest BCUT2D eigenvalue weighted by molar-refractivity contribution is -0.00571. The Morgan fingerprint density at radius 2 is 1.95 bits per heavy atom. The molecule has 0 radical (unpaired) electrons. The van der Waals surface area contributed by atoms with Crippen molar-refractivity contribution in [3.8, 4) is 0 Å². The molecule has 2 aromatic heterocycles. The van der Waals surface area contributed by atoms with E-state index in [-0.39, 0.29) is 17.8 Å². The highest BCUT2D eigenvalue weighted by molar-refractivity contribution is 7.18. The normalized spacial score (nSPS) is 25.5. The van der Waals surface area contributed by atoms with E-state index in [1.165, 1.54) is 23.3 Å². The van der Waals surface area contributed by atoms with Crippen molar-refractivity contribution in [1.82, 2.24) is 9.97 Å². The van der Waals surface area contributed by atoms with Crippen molar-refractivity contribution in [1.29, 1.82) is 0 Å². The van der Waals surface area contributed by atoms with Gasteiger partial charge in [0.05, 0.1) is 17.6 Å². The van der Waals surface area contributed by atoms with E-state index >= 15 is 0 Å². The van der Waals surface area contributed by atoms with Crippen molar-refractivity contribution in [2.24, 2.45) is 0 Å². The van der Waals surface area contributed by atoms with Crippen LogP contribution in [-0.2, 0) is 17.6 Å². The molecule has 1 N–H and O–H groups in total. The summed E-state index contributed by atoms with van der Waals surface area (Å²) < 4.78 is 5.76. The summed E-state index contributed by atoms with van der Waals surface area (Å²) in [5, 5.41) is 0.831. The summed E-state index contributed by atoms with van der Waals surface area (Å²) in [6, 6.07) is 0. The third kappa shape index (κ3) is 2.34. The van der Waals surface area contributed by atoms with Gasteiger partial charge in [0, 0.05) is 18.0 Å². The second-order valence-electron chi connectivity index (χ2n) is 6.44. The first-order chi connectivity index (χ1) is 10.6. The Balaban J connectivity index is 1.78. The Labute approximate surface area is 133 Å². The zero-order valence-corrected chi connectivity index (χ0v) is 13.8. The fourth-order valence-electron chi connectivity index (χ4n) is 3.65. The molecule has 22 heavy (non-hydrogen) atoms. The molecule has 4 rings (SSSR count). The van der Waals surface area contributed by atoms with Gasteiger partial charge in [-0.3, -0.25) is 9.78 Å². The van der Waals surface area contributed by atoms with Gasteiger partial charge in [-0.05, 0) is 45.1 Å². The van der Waals surface area contributed by atoms with E-state index in [9.17, 15) is 4.79 Å². The molecule has 2 unspecified atom stereocenters. The molecule has 0 spiro atoms. The third-order valence-electron chi connectivity index (χ3n) is 4.53. The van der Waals surface area contributed by atoms with Gasteiger partial charge in [-0.25, -0.2) is 4.98 Å². The van der Waals surface area contributed by atoms with Crippen LogP contribution in [0.15, 0.2) is 4.79 Å². The SMILES string of the molecule is CC1CN(c2nc3sc4c(c3c(=O)[nH]2)CCCC4)CC(C)O1. The number of aromatic nitrogens is 2. The van der Waals surface area contributed by atoms with Gasteiger partial charge in [-0.15, -0.1) is 11.3 Å². The maximum Gasteiger partial charge on any atom is 0.261 e. The van der Waals surface area contributed by atoms with E-state index in [1.54, 1.807) is 11.3 Å². The smallest absolute Gasteiger partial charge is 0.261 e. The fraction of sp³-hybridized carbons (Fsp3) is 0.625. The molecule has 2 aliphatic rings. The van der Waals surface area contributed by atoms with Crippen LogP contribution in [0.2, 0.25) is 0 Å². The van der Waals surface area contributed by atoms with E-state index in [0.717, 1.165) is 36.1 Å². The number of hydrogen-bond acceptors (Lipinski definition) is 5. The Hall–Kier alpha value is -1.40. The fourth-order valence-corrected chi connectivity index (χ4v) is 4.91. The van der Waals surface area contributed by atoms with Crippen LogP contribution in [0.1, 0.15) is 37.1 Å². The van der Waals surface area contributed by atoms with Crippen LogP contribution in [0, 0.1) is 0 Å². The number of aryl methyl sites for hydroxylation is 2. The Bertz CT molecular complexity index is 757. The largest absolute Gasteiger partial charge is 0.372 e. The van der Waals surface area contributed by atoms with E-state index in [1.807, 2.05) is 0 Å². The molecular weight excluding hydrogens is 298 g/mol. The van der Waals surface area contributed by atoms with Crippen LogP contribution in [0.4, 0.5) is 5.95 Å². The minimum atomic E-state index is 0.0196. The van der Waals surface area contributed by atoms with Crippen molar-refractivity contribution in [3.63, 3.8) is 0 Å². The molecule has 3 heterocycles. The van der Waals surface area contributed by atoms with Crippen LogP contribution in [-0.4, -0.2) is 35.3 Å². The van der Waals surface area contributed by atoms with E-state index < -0.39 is 0 Å². The highest BCUT2D eigenvalue weighted by atomic mass is 32.1. The summed E-state index contributed by atoms with van der Waals surface area (Å²) in [4.78, 5) is 24.8. The summed E-state index contributed by atoms with van der Waals surface area (Å²) >= 11 is 1.70. The molecule has 0 aromatic carbocycles. The van der Waals surface area contributed by atoms with Gasteiger partial charge in [0.2, 0.25) is 5.95 Å².